The standard InChI is InChI=1S/C28H25Cl2F3N4O3S/c29-18-2-1-3-19(30)24(18)22-11-20(36-40-22)21-13-41-26(35-21)15-6-8-37(9-7-15)27(39)23(14-4-5-14)16-10-17(28(31,32)33)25(38)34-12-16/h1-3,10,12-15,22-23H,4-9,11H2,(H,34,38)/t22-,23?/m1/s1. The van der Waals surface area contributed by atoms with E-state index in [2.05, 4.69) is 10.1 Å². The Bertz CT molecular complexity index is 1540. The lowest BCUT2D eigenvalue weighted by atomic mass is 9.90. The highest BCUT2D eigenvalue weighted by Crippen LogP contribution is 2.45. The monoisotopic (exact) mass is 624 g/mol. The molecular formula is C28H25Cl2F3N4O3S. The summed E-state index contributed by atoms with van der Waals surface area (Å²) in [6, 6.07) is 6.13. The summed E-state index contributed by atoms with van der Waals surface area (Å²) in [5.74, 6) is -0.755. The van der Waals surface area contributed by atoms with Crippen LogP contribution in [0.4, 0.5) is 13.2 Å². The van der Waals surface area contributed by atoms with Gasteiger partial charge in [0, 0.05) is 52.6 Å². The number of halogens is 5. The average molecular weight is 626 g/mol. The molecule has 1 unspecified atom stereocenters. The Morgan fingerprint density at radius 1 is 1.15 bits per heavy atom. The predicted octanol–water partition coefficient (Wildman–Crippen LogP) is 6.92. The molecule has 0 radical (unpaired) electrons. The molecule has 1 N–H and O–H groups in total. The average Bonchev–Trinajstić information content (AvgIpc) is 3.43. The second-order valence-corrected chi connectivity index (χ2v) is 12.3. The molecule has 7 nitrogen and oxygen atoms in total. The number of pyridine rings is 1. The van der Waals surface area contributed by atoms with Crippen LogP contribution in [0.25, 0.3) is 0 Å². The van der Waals surface area contributed by atoms with Crippen molar-refractivity contribution < 1.29 is 22.8 Å². The first-order valence-corrected chi connectivity index (χ1v) is 14.9. The first-order chi connectivity index (χ1) is 19.6. The van der Waals surface area contributed by atoms with Crippen LogP contribution < -0.4 is 5.56 Å². The molecule has 4 heterocycles. The first-order valence-electron chi connectivity index (χ1n) is 13.3. The van der Waals surface area contributed by atoms with Crippen molar-refractivity contribution in [1.29, 1.82) is 0 Å². The third-order valence-corrected chi connectivity index (χ3v) is 9.58. The lowest BCUT2D eigenvalue weighted by Crippen LogP contribution is -2.41. The highest BCUT2D eigenvalue weighted by molar-refractivity contribution is 7.10. The quantitative estimate of drug-likeness (QED) is 0.322. The summed E-state index contributed by atoms with van der Waals surface area (Å²) in [4.78, 5) is 39.7. The van der Waals surface area contributed by atoms with Gasteiger partial charge in [0.1, 0.15) is 11.3 Å². The molecule has 0 spiro atoms. The van der Waals surface area contributed by atoms with E-state index < -0.39 is 23.2 Å². The fraction of sp³-hybridized carbons (Fsp3) is 0.429. The number of amides is 1. The number of piperidine rings is 1. The SMILES string of the molecule is O=C(C(c1c[nH]c(=O)c(C(F)(F)F)c1)C1CC1)N1CCC(c2nc(C3=NO[C@@H](c4c(Cl)cccc4Cl)C3)cs2)CC1. The van der Waals surface area contributed by atoms with Gasteiger partial charge in [-0.3, -0.25) is 9.59 Å². The molecular weight excluding hydrogens is 600 g/mol. The molecule has 1 aromatic carbocycles. The molecule has 1 saturated carbocycles. The van der Waals surface area contributed by atoms with E-state index in [1.54, 1.807) is 23.1 Å². The molecule has 13 heteroatoms. The molecule has 1 amide bonds. The van der Waals surface area contributed by atoms with Gasteiger partial charge in [0.05, 0.1) is 16.6 Å². The van der Waals surface area contributed by atoms with E-state index in [9.17, 15) is 22.8 Å². The van der Waals surface area contributed by atoms with Crippen LogP contribution in [0.5, 0.6) is 0 Å². The van der Waals surface area contributed by atoms with Gasteiger partial charge in [0.25, 0.3) is 5.56 Å². The Labute approximate surface area is 247 Å². The number of nitrogens with zero attached hydrogens (tertiary/aromatic N) is 3. The van der Waals surface area contributed by atoms with Crippen molar-refractivity contribution in [3.05, 3.63) is 83.6 Å². The van der Waals surface area contributed by atoms with Gasteiger partial charge in [-0.25, -0.2) is 4.98 Å². The summed E-state index contributed by atoms with van der Waals surface area (Å²) in [5, 5.41) is 8.17. The lowest BCUT2D eigenvalue weighted by molar-refractivity contribution is -0.139. The third-order valence-electron chi connectivity index (χ3n) is 7.91. The molecule has 2 aromatic heterocycles. The van der Waals surface area contributed by atoms with Crippen molar-refractivity contribution in [2.75, 3.05) is 13.1 Å². The van der Waals surface area contributed by atoms with E-state index in [-0.39, 0.29) is 29.4 Å². The van der Waals surface area contributed by atoms with Crippen molar-refractivity contribution in [3.8, 4) is 0 Å². The largest absolute Gasteiger partial charge is 0.421 e. The number of alkyl halides is 3. The molecule has 216 valence electrons. The fourth-order valence-corrected chi connectivity index (χ4v) is 7.23. The number of aromatic nitrogens is 2. The van der Waals surface area contributed by atoms with Crippen molar-refractivity contribution in [2.24, 2.45) is 11.1 Å². The third kappa shape index (κ3) is 5.76. The summed E-state index contributed by atoms with van der Waals surface area (Å²) in [5.41, 5.74) is -0.111. The number of nitrogens with one attached hydrogen (secondary N) is 1. The number of carbonyl (C=O) groups excluding carboxylic acids is 1. The minimum atomic E-state index is -4.79. The van der Waals surface area contributed by atoms with E-state index >= 15 is 0 Å². The lowest BCUT2D eigenvalue weighted by Gasteiger charge is -2.34. The number of hydrogen-bond donors (Lipinski definition) is 1. The molecule has 6 rings (SSSR count). The van der Waals surface area contributed by atoms with Gasteiger partial charge in [-0.1, -0.05) is 34.4 Å². The van der Waals surface area contributed by atoms with E-state index in [1.165, 1.54) is 17.5 Å². The molecule has 1 aliphatic carbocycles. The minimum absolute atomic E-state index is 0.0207. The van der Waals surface area contributed by atoms with Gasteiger partial charge in [0.15, 0.2) is 6.10 Å². The van der Waals surface area contributed by atoms with Crippen LogP contribution in [-0.2, 0) is 15.8 Å². The second-order valence-electron chi connectivity index (χ2n) is 10.6. The van der Waals surface area contributed by atoms with Crippen LogP contribution in [0.3, 0.4) is 0 Å². The zero-order chi connectivity index (χ0) is 28.9. The highest BCUT2D eigenvalue weighted by atomic mass is 35.5. The predicted molar refractivity (Wildman–Crippen MR) is 150 cm³/mol. The summed E-state index contributed by atoms with van der Waals surface area (Å²) < 4.78 is 40.1. The van der Waals surface area contributed by atoms with E-state index in [0.29, 0.717) is 53.7 Å². The number of oxime groups is 1. The van der Waals surface area contributed by atoms with Crippen LogP contribution >= 0.6 is 34.5 Å². The van der Waals surface area contributed by atoms with E-state index in [0.717, 1.165) is 29.6 Å². The maximum Gasteiger partial charge on any atom is 0.421 e. The molecule has 2 atom stereocenters. The summed E-state index contributed by atoms with van der Waals surface area (Å²) >= 11 is 14.2. The number of aromatic amines is 1. The van der Waals surface area contributed by atoms with Crippen molar-refractivity contribution in [3.63, 3.8) is 0 Å². The van der Waals surface area contributed by atoms with E-state index in [4.69, 9.17) is 33.0 Å². The number of benzene rings is 1. The number of H-pyrrole nitrogens is 1. The first kappa shape index (κ1) is 28.2. The second kappa shape index (κ2) is 11.1. The molecule has 3 aliphatic rings. The zero-order valence-electron chi connectivity index (χ0n) is 21.6. The topological polar surface area (TPSA) is 87.7 Å². The number of likely N-dealkylation sites (tertiary alicyclic amines) is 1. The van der Waals surface area contributed by atoms with Crippen LogP contribution in [0.2, 0.25) is 10.0 Å². The van der Waals surface area contributed by atoms with Crippen molar-refractivity contribution in [1.82, 2.24) is 14.9 Å². The van der Waals surface area contributed by atoms with Gasteiger partial charge in [-0.05, 0) is 55.4 Å². The van der Waals surface area contributed by atoms with Crippen LogP contribution in [0.1, 0.15) is 77.4 Å². The van der Waals surface area contributed by atoms with Gasteiger partial charge in [-0.2, -0.15) is 13.2 Å². The molecule has 1 saturated heterocycles. The van der Waals surface area contributed by atoms with E-state index in [1.807, 2.05) is 5.38 Å². The molecule has 0 bridgehead atoms. The smallest absolute Gasteiger partial charge is 0.387 e. The molecule has 2 fully saturated rings. The molecule has 2 aliphatic heterocycles. The Kier molecular flexibility index (Phi) is 7.63. The Morgan fingerprint density at radius 3 is 2.51 bits per heavy atom. The fourth-order valence-electron chi connectivity index (χ4n) is 5.59. The van der Waals surface area contributed by atoms with Crippen molar-refractivity contribution >= 4 is 46.2 Å². The Balaban J connectivity index is 1.10. The molecule has 3 aromatic rings. The summed E-state index contributed by atoms with van der Waals surface area (Å²) in [6.07, 6.45) is -0.513. The Morgan fingerprint density at radius 2 is 1.85 bits per heavy atom. The van der Waals surface area contributed by atoms with Crippen LogP contribution in [-0.4, -0.2) is 39.6 Å². The summed E-state index contributed by atoms with van der Waals surface area (Å²) in [7, 11) is 0. The van der Waals surface area contributed by atoms with Crippen molar-refractivity contribution in [2.45, 2.75) is 56.2 Å². The number of thiazole rings is 1. The van der Waals surface area contributed by atoms with Gasteiger partial charge in [0.2, 0.25) is 5.91 Å². The van der Waals surface area contributed by atoms with Gasteiger partial charge < -0.3 is 14.7 Å². The maximum absolute atomic E-state index is 13.5. The van der Waals surface area contributed by atoms with Crippen LogP contribution in [0, 0.1) is 5.92 Å². The number of carbonyl (C=O) groups is 1. The highest BCUT2D eigenvalue weighted by Gasteiger charge is 2.42. The minimum Gasteiger partial charge on any atom is -0.387 e. The summed E-state index contributed by atoms with van der Waals surface area (Å²) in [6.45, 7) is 0.961. The maximum atomic E-state index is 13.5. The van der Waals surface area contributed by atoms with Gasteiger partial charge in [-0.15, -0.1) is 11.3 Å². The van der Waals surface area contributed by atoms with Crippen LogP contribution in [0.15, 0.2) is 45.8 Å². The number of hydrogen-bond acceptors (Lipinski definition) is 6. The molecule has 41 heavy (non-hydrogen) atoms. The van der Waals surface area contributed by atoms with Gasteiger partial charge >= 0.3 is 6.18 Å². The zero-order valence-corrected chi connectivity index (χ0v) is 23.9. The number of rotatable bonds is 6. The normalized spacial score (nSPS) is 20.6. The Hall–Kier alpha value is -2.89.